The molecule has 0 unspecified atom stereocenters. The summed E-state index contributed by atoms with van der Waals surface area (Å²) in [5, 5.41) is 2.65. The number of pyridine rings is 2. The normalized spacial score (nSPS) is 10.8. The van der Waals surface area contributed by atoms with Crippen LogP contribution >= 0.6 is 0 Å². The van der Waals surface area contributed by atoms with Crippen molar-refractivity contribution < 1.29 is 57.1 Å². The third-order valence-electron chi connectivity index (χ3n) is 6.98. The molecule has 2 aromatic heterocycles. The molecule has 182 valence electrons. The van der Waals surface area contributed by atoms with Crippen LogP contribution in [0.5, 0.6) is 0 Å². The first kappa shape index (κ1) is 29.0. The Hall–Kier alpha value is -1.28. The topological polar surface area (TPSA) is 7.76 Å². The average Bonchev–Trinajstić information content (AvgIpc) is 2.83. The first-order chi connectivity index (χ1) is 15.7. The second kappa shape index (κ2) is 15.0. The Bertz CT molecular complexity index is 1080. The molecule has 0 saturated heterocycles. The number of unbranched alkanes of at least 4 members (excludes halogenated alkanes) is 7. The number of rotatable bonds is 11. The Morgan fingerprint density at radius 1 is 0.441 bits per heavy atom. The second-order valence-corrected chi connectivity index (χ2v) is 9.21. The molecule has 2 aromatic carbocycles. The molecule has 0 bridgehead atoms. The van der Waals surface area contributed by atoms with Crippen LogP contribution in [0.25, 0.3) is 21.8 Å². The van der Waals surface area contributed by atoms with Crippen LogP contribution < -0.4 is 57.1 Å². The second-order valence-electron chi connectivity index (χ2n) is 9.21. The number of halogens is 2. The summed E-state index contributed by atoms with van der Waals surface area (Å²) in [6, 6.07) is 26.5. The van der Waals surface area contributed by atoms with E-state index in [0.29, 0.717) is 0 Å². The molecule has 0 saturated carbocycles. The lowest BCUT2D eigenvalue weighted by atomic mass is 10.0. The van der Waals surface area contributed by atoms with Crippen LogP contribution in [0.15, 0.2) is 72.8 Å². The summed E-state index contributed by atoms with van der Waals surface area (Å²) in [6.07, 6.45) is 13.2. The van der Waals surface area contributed by atoms with Crippen LogP contribution in [0, 0.1) is 0 Å². The molecule has 4 aromatic rings. The number of fused-ring (bicyclic) bond motifs is 2. The van der Waals surface area contributed by atoms with E-state index in [-0.39, 0.29) is 48.0 Å². The SMILES string of the molecule is C[n+]1c(CCCCCCCCCCc2ccc3ccccc3[n+]2C)ccc2ccccc21.[I-].[I-]. The largest absolute Gasteiger partial charge is 1.00 e. The van der Waals surface area contributed by atoms with Crippen molar-refractivity contribution in [2.75, 3.05) is 0 Å². The maximum Gasteiger partial charge on any atom is 0.212 e. The minimum Gasteiger partial charge on any atom is -1.00 e. The van der Waals surface area contributed by atoms with Crippen molar-refractivity contribution in [3.05, 3.63) is 84.2 Å². The zero-order chi connectivity index (χ0) is 22.2. The van der Waals surface area contributed by atoms with Crippen molar-refractivity contribution in [3.8, 4) is 0 Å². The zero-order valence-electron chi connectivity index (χ0n) is 20.6. The van der Waals surface area contributed by atoms with Crippen molar-refractivity contribution in [1.82, 2.24) is 0 Å². The zero-order valence-corrected chi connectivity index (χ0v) is 25.0. The monoisotopic (exact) mass is 680 g/mol. The predicted octanol–water partition coefficient (Wildman–Crippen LogP) is 0.556. The highest BCUT2D eigenvalue weighted by molar-refractivity contribution is 5.75. The molecule has 0 aliphatic heterocycles. The third kappa shape index (κ3) is 7.61. The number of nitrogens with zero attached hydrogens (tertiary/aromatic N) is 2. The molecule has 4 rings (SSSR count). The molecule has 0 N–H and O–H groups in total. The van der Waals surface area contributed by atoms with E-state index in [4.69, 9.17) is 0 Å². The molecule has 0 fully saturated rings. The van der Waals surface area contributed by atoms with Crippen molar-refractivity contribution >= 4 is 21.8 Å². The van der Waals surface area contributed by atoms with Gasteiger partial charge in [-0.05, 0) is 37.1 Å². The highest BCUT2D eigenvalue weighted by atomic mass is 127. The van der Waals surface area contributed by atoms with Crippen LogP contribution in [0.3, 0.4) is 0 Å². The predicted molar refractivity (Wildman–Crippen MR) is 135 cm³/mol. The van der Waals surface area contributed by atoms with E-state index in [1.54, 1.807) is 0 Å². The van der Waals surface area contributed by atoms with Gasteiger partial charge in [0.05, 0.1) is 0 Å². The summed E-state index contributed by atoms with van der Waals surface area (Å²) in [6.45, 7) is 0. The number of para-hydroxylation sites is 2. The van der Waals surface area contributed by atoms with E-state index in [2.05, 4.69) is 96.0 Å². The first-order valence-corrected chi connectivity index (χ1v) is 12.5. The van der Waals surface area contributed by atoms with E-state index in [9.17, 15) is 0 Å². The summed E-state index contributed by atoms with van der Waals surface area (Å²) >= 11 is 0. The van der Waals surface area contributed by atoms with E-state index < -0.39 is 0 Å². The molecule has 0 spiro atoms. The highest BCUT2D eigenvalue weighted by Crippen LogP contribution is 2.15. The molecule has 0 amide bonds. The lowest BCUT2D eigenvalue weighted by molar-refractivity contribution is -0.653. The van der Waals surface area contributed by atoms with Gasteiger partial charge in [0.15, 0.2) is 11.4 Å². The molecule has 2 heterocycles. The Kier molecular flexibility index (Phi) is 12.7. The third-order valence-corrected chi connectivity index (χ3v) is 6.98. The van der Waals surface area contributed by atoms with Crippen LogP contribution in [0.4, 0.5) is 0 Å². The fourth-order valence-electron chi connectivity index (χ4n) is 4.95. The van der Waals surface area contributed by atoms with Gasteiger partial charge >= 0.3 is 0 Å². The smallest absolute Gasteiger partial charge is 0.212 e. The fraction of sp³-hybridized carbons (Fsp3) is 0.400. The molecular weight excluding hydrogens is 642 g/mol. The quantitative estimate of drug-likeness (QED) is 0.124. The standard InChI is InChI=1S/C30H38N2.2HI/c1-31-27(23-21-25-15-11-13-19-29(25)31)17-9-7-5-3-4-6-8-10-18-28-24-22-26-16-12-14-20-30(26)32(28)2;;/h11-16,19-24H,3-10,17-18H2,1-2H3;2*1H/q+2;;/p-2. The summed E-state index contributed by atoms with van der Waals surface area (Å²) in [5.74, 6) is 0. The minimum absolute atomic E-state index is 0. The van der Waals surface area contributed by atoms with E-state index >= 15 is 0 Å². The Balaban J connectivity index is 0.00000204. The van der Waals surface area contributed by atoms with Crippen molar-refractivity contribution in [1.29, 1.82) is 0 Å². The van der Waals surface area contributed by atoms with Gasteiger partial charge in [0.2, 0.25) is 11.0 Å². The summed E-state index contributed by atoms with van der Waals surface area (Å²) in [5.41, 5.74) is 5.57. The number of hydrogen-bond acceptors (Lipinski definition) is 0. The maximum absolute atomic E-state index is 2.37. The molecule has 0 atom stereocenters. The van der Waals surface area contributed by atoms with Gasteiger partial charge in [-0.2, -0.15) is 9.13 Å². The number of aromatic nitrogens is 2. The van der Waals surface area contributed by atoms with Gasteiger partial charge in [0.25, 0.3) is 0 Å². The lowest BCUT2D eigenvalue weighted by Crippen LogP contribution is -3.00. The summed E-state index contributed by atoms with van der Waals surface area (Å²) < 4.78 is 4.73. The highest BCUT2D eigenvalue weighted by Gasteiger charge is 2.11. The number of benzene rings is 2. The molecule has 0 aliphatic rings. The Labute approximate surface area is 239 Å². The molecule has 4 heteroatoms. The van der Waals surface area contributed by atoms with Gasteiger partial charge in [0, 0.05) is 47.9 Å². The maximum atomic E-state index is 2.37. The van der Waals surface area contributed by atoms with Gasteiger partial charge in [-0.1, -0.05) is 62.8 Å². The van der Waals surface area contributed by atoms with Gasteiger partial charge in [0.1, 0.15) is 14.1 Å². The van der Waals surface area contributed by atoms with Gasteiger partial charge in [-0.25, -0.2) is 0 Å². The van der Waals surface area contributed by atoms with Crippen molar-refractivity contribution in [3.63, 3.8) is 0 Å². The molecule has 34 heavy (non-hydrogen) atoms. The van der Waals surface area contributed by atoms with E-state index in [1.165, 1.54) is 97.4 Å². The van der Waals surface area contributed by atoms with E-state index in [0.717, 1.165) is 0 Å². The van der Waals surface area contributed by atoms with E-state index in [1.807, 2.05) is 0 Å². The molecule has 0 radical (unpaired) electrons. The van der Waals surface area contributed by atoms with Crippen molar-refractivity contribution in [2.24, 2.45) is 14.1 Å². The van der Waals surface area contributed by atoms with Gasteiger partial charge in [-0.3, -0.25) is 0 Å². The summed E-state index contributed by atoms with van der Waals surface area (Å²) in [4.78, 5) is 0. The summed E-state index contributed by atoms with van der Waals surface area (Å²) in [7, 11) is 4.41. The van der Waals surface area contributed by atoms with Crippen LogP contribution in [-0.4, -0.2) is 0 Å². The minimum atomic E-state index is 0. The van der Waals surface area contributed by atoms with Crippen molar-refractivity contribution in [2.45, 2.75) is 64.2 Å². The molecular formula is C30H38I2N2. The Morgan fingerprint density at radius 3 is 1.21 bits per heavy atom. The number of hydrogen-bond donors (Lipinski definition) is 0. The van der Waals surface area contributed by atoms with Gasteiger partial charge in [-0.15, -0.1) is 0 Å². The van der Waals surface area contributed by atoms with Gasteiger partial charge < -0.3 is 48.0 Å². The average molecular weight is 680 g/mol. The first-order valence-electron chi connectivity index (χ1n) is 12.5. The van der Waals surface area contributed by atoms with Crippen LogP contribution in [-0.2, 0) is 26.9 Å². The number of aryl methyl sites for hydroxylation is 4. The Morgan fingerprint density at radius 2 is 0.794 bits per heavy atom. The van der Waals surface area contributed by atoms with Crippen LogP contribution in [0.2, 0.25) is 0 Å². The molecule has 0 aliphatic carbocycles. The van der Waals surface area contributed by atoms with Crippen LogP contribution in [0.1, 0.15) is 62.8 Å². The molecule has 2 nitrogen and oxygen atoms in total. The fourth-order valence-corrected chi connectivity index (χ4v) is 4.95. The lowest BCUT2D eigenvalue weighted by Gasteiger charge is -2.05.